The zero-order valence-corrected chi connectivity index (χ0v) is 13.2. The summed E-state index contributed by atoms with van der Waals surface area (Å²) >= 11 is 0. The average Bonchev–Trinajstić information content (AvgIpc) is 2.54. The predicted octanol–water partition coefficient (Wildman–Crippen LogP) is 4.15. The SMILES string of the molecule is CCC1CCC(C#N)(C(O)c2ccc(OC)c(C)c2)CC1. The van der Waals surface area contributed by atoms with Crippen molar-refractivity contribution in [3.63, 3.8) is 0 Å². The first-order valence-electron chi connectivity index (χ1n) is 7.80. The number of hydrogen-bond acceptors (Lipinski definition) is 3. The van der Waals surface area contributed by atoms with Gasteiger partial charge in [-0.1, -0.05) is 19.4 Å². The van der Waals surface area contributed by atoms with Crippen LogP contribution in [0, 0.1) is 29.6 Å². The molecule has 1 aliphatic rings. The Morgan fingerprint density at radius 1 is 1.43 bits per heavy atom. The fourth-order valence-corrected chi connectivity index (χ4v) is 3.44. The number of nitrogens with zero attached hydrogens (tertiary/aromatic N) is 1. The standard InChI is InChI=1S/C18H25NO2/c1-4-14-7-9-18(12-19,10-8-14)17(20)15-5-6-16(21-3)13(2)11-15/h5-6,11,14,17,20H,4,7-10H2,1-3H3. The lowest BCUT2D eigenvalue weighted by molar-refractivity contribution is 0.0242. The number of ether oxygens (including phenoxy) is 1. The summed E-state index contributed by atoms with van der Waals surface area (Å²) in [6, 6.07) is 8.11. The van der Waals surface area contributed by atoms with Crippen LogP contribution in [0.5, 0.6) is 5.75 Å². The van der Waals surface area contributed by atoms with E-state index in [-0.39, 0.29) is 0 Å². The number of aliphatic hydroxyl groups is 1. The summed E-state index contributed by atoms with van der Waals surface area (Å²) in [5, 5.41) is 20.4. The summed E-state index contributed by atoms with van der Waals surface area (Å²) in [6.45, 7) is 4.16. The quantitative estimate of drug-likeness (QED) is 0.905. The van der Waals surface area contributed by atoms with E-state index in [2.05, 4.69) is 13.0 Å². The van der Waals surface area contributed by atoms with Crippen molar-refractivity contribution in [2.75, 3.05) is 7.11 Å². The molecular weight excluding hydrogens is 262 g/mol. The van der Waals surface area contributed by atoms with Gasteiger partial charge in [-0.2, -0.15) is 5.26 Å². The zero-order valence-electron chi connectivity index (χ0n) is 13.2. The topological polar surface area (TPSA) is 53.2 Å². The summed E-state index contributed by atoms with van der Waals surface area (Å²) < 4.78 is 5.26. The van der Waals surface area contributed by atoms with Crippen LogP contribution in [0.15, 0.2) is 18.2 Å². The summed E-state index contributed by atoms with van der Waals surface area (Å²) in [4.78, 5) is 0. The second-order valence-electron chi connectivity index (χ2n) is 6.25. The van der Waals surface area contributed by atoms with Crippen LogP contribution in [-0.2, 0) is 0 Å². The van der Waals surface area contributed by atoms with Gasteiger partial charge in [0.25, 0.3) is 0 Å². The van der Waals surface area contributed by atoms with Crippen LogP contribution in [0.1, 0.15) is 56.3 Å². The summed E-state index contributed by atoms with van der Waals surface area (Å²) in [6.07, 6.45) is 4.10. The summed E-state index contributed by atoms with van der Waals surface area (Å²) in [5.74, 6) is 1.52. The molecule has 0 heterocycles. The highest BCUT2D eigenvalue weighted by Crippen LogP contribution is 2.48. The van der Waals surface area contributed by atoms with E-state index in [4.69, 9.17) is 4.74 Å². The van der Waals surface area contributed by atoms with Gasteiger partial charge in [-0.05, 0) is 61.8 Å². The third-order valence-electron chi connectivity index (χ3n) is 5.06. The molecule has 0 saturated heterocycles. The van der Waals surface area contributed by atoms with E-state index < -0.39 is 11.5 Å². The van der Waals surface area contributed by atoms with Gasteiger partial charge in [0.15, 0.2) is 0 Å². The summed E-state index contributed by atoms with van der Waals surface area (Å²) in [7, 11) is 1.64. The highest BCUT2D eigenvalue weighted by atomic mass is 16.5. The molecule has 114 valence electrons. The average molecular weight is 287 g/mol. The lowest BCUT2D eigenvalue weighted by Gasteiger charge is -2.38. The van der Waals surface area contributed by atoms with Gasteiger partial charge in [0.05, 0.1) is 24.7 Å². The maximum Gasteiger partial charge on any atom is 0.121 e. The van der Waals surface area contributed by atoms with Crippen LogP contribution >= 0.6 is 0 Å². The Labute approximate surface area is 127 Å². The predicted molar refractivity (Wildman–Crippen MR) is 83.0 cm³/mol. The van der Waals surface area contributed by atoms with Gasteiger partial charge < -0.3 is 9.84 Å². The van der Waals surface area contributed by atoms with E-state index in [0.717, 1.165) is 42.6 Å². The van der Waals surface area contributed by atoms with Crippen molar-refractivity contribution in [3.05, 3.63) is 29.3 Å². The zero-order chi connectivity index (χ0) is 15.5. The minimum Gasteiger partial charge on any atom is -0.496 e. The Morgan fingerprint density at radius 3 is 2.57 bits per heavy atom. The normalized spacial score (nSPS) is 26.9. The molecule has 21 heavy (non-hydrogen) atoms. The minimum absolute atomic E-state index is 0.632. The van der Waals surface area contributed by atoms with Crippen molar-refractivity contribution in [1.82, 2.24) is 0 Å². The van der Waals surface area contributed by atoms with E-state index in [0.29, 0.717) is 5.92 Å². The highest BCUT2D eigenvalue weighted by molar-refractivity contribution is 5.38. The largest absolute Gasteiger partial charge is 0.496 e. The second kappa shape index (κ2) is 6.49. The third-order valence-corrected chi connectivity index (χ3v) is 5.06. The molecule has 3 heteroatoms. The molecule has 1 unspecified atom stereocenters. The first kappa shape index (κ1) is 15.9. The summed E-state index contributed by atoms with van der Waals surface area (Å²) in [5.41, 5.74) is 1.18. The monoisotopic (exact) mass is 287 g/mol. The molecule has 1 aliphatic carbocycles. The number of aliphatic hydroxyl groups excluding tert-OH is 1. The molecule has 0 aromatic heterocycles. The first-order chi connectivity index (χ1) is 10.1. The van der Waals surface area contributed by atoms with E-state index in [9.17, 15) is 10.4 Å². The molecule has 0 radical (unpaired) electrons. The van der Waals surface area contributed by atoms with E-state index in [1.54, 1.807) is 7.11 Å². The smallest absolute Gasteiger partial charge is 0.121 e. The van der Waals surface area contributed by atoms with Gasteiger partial charge in [0.2, 0.25) is 0 Å². The molecule has 0 amide bonds. The lowest BCUT2D eigenvalue weighted by atomic mass is 9.66. The molecule has 0 bridgehead atoms. The van der Waals surface area contributed by atoms with Crippen molar-refractivity contribution in [2.24, 2.45) is 11.3 Å². The van der Waals surface area contributed by atoms with Gasteiger partial charge in [-0.25, -0.2) is 0 Å². The maximum absolute atomic E-state index is 10.8. The Bertz CT molecular complexity index is 525. The molecule has 1 aromatic rings. The maximum atomic E-state index is 10.8. The van der Waals surface area contributed by atoms with Gasteiger partial charge >= 0.3 is 0 Å². The fourth-order valence-electron chi connectivity index (χ4n) is 3.44. The van der Waals surface area contributed by atoms with E-state index >= 15 is 0 Å². The van der Waals surface area contributed by atoms with Crippen LogP contribution < -0.4 is 4.74 Å². The van der Waals surface area contributed by atoms with Crippen LogP contribution in [-0.4, -0.2) is 12.2 Å². The molecule has 0 spiro atoms. The van der Waals surface area contributed by atoms with Gasteiger partial charge in [-0.15, -0.1) is 0 Å². The number of methoxy groups -OCH3 is 1. The molecule has 1 fully saturated rings. The number of nitriles is 1. The second-order valence-corrected chi connectivity index (χ2v) is 6.25. The van der Waals surface area contributed by atoms with Crippen molar-refractivity contribution < 1.29 is 9.84 Å². The Morgan fingerprint density at radius 2 is 2.10 bits per heavy atom. The first-order valence-corrected chi connectivity index (χ1v) is 7.80. The van der Waals surface area contributed by atoms with Crippen LogP contribution in [0.25, 0.3) is 0 Å². The van der Waals surface area contributed by atoms with E-state index in [1.807, 2.05) is 25.1 Å². The fraction of sp³-hybridized carbons (Fsp3) is 0.611. The number of aryl methyl sites for hydroxylation is 1. The van der Waals surface area contributed by atoms with Crippen LogP contribution in [0.3, 0.4) is 0 Å². The minimum atomic E-state index is -0.718. The van der Waals surface area contributed by atoms with Gasteiger partial charge in [0.1, 0.15) is 5.75 Å². The molecule has 1 atom stereocenters. The molecule has 0 aliphatic heterocycles. The van der Waals surface area contributed by atoms with Crippen LogP contribution in [0.4, 0.5) is 0 Å². The van der Waals surface area contributed by atoms with Crippen molar-refractivity contribution in [3.8, 4) is 11.8 Å². The van der Waals surface area contributed by atoms with E-state index in [1.165, 1.54) is 6.42 Å². The van der Waals surface area contributed by atoms with Gasteiger partial charge in [0, 0.05) is 0 Å². The molecular formula is C18H25NO2. The van der Waals surface area contributed by atoms with Crippen molar-refractivity contribution in [2.45, 2.75) is 52.1 Å². The third kappa shape index (κ3) is 3.06. The van der Waals surface area contributed by atoms with Crippen LogP contribution in [0.2, 0.25) is 0 Å². The number of rotatable bonds is 4. The van der Waals surface area contributed by atoms with Gasteiger partial charge in [-0.3, -0.25) is 0 Å². The lowest BCUT2D eigenvalue weighted by Crippen LogP contribution is -2.32. The number of hydrogen-bond donors (Lipinski definition) is 1. The molecule has 2 rings (SSSR count). The highest BCUT2D eigenvalue weighted by Gasteiger charge is 2.42. The number of benzene rings is 1. The molecule has 1 saturated carbocycles. The Balaban J connectivity index is 2.23. The van der Waals surface area contributed by atoms with Crippen molar-refractivity contribution >= 4 is 0 Å². The molecule has 1 aromatic carbocycles. The molecule has 3 nitrogen and oxygen atoms in total. The Kier molecular flexibility index (Phi) is 4.90. The van der Waals surface area contributed by atoms with Crippen molar-refractivity contribution in [1.29, 1.82) is 5.26 Å². The molecule has 1 N–H and O–H groups in total. The Hall–Kier alpha value is -1.53.